The standard InChI is InChI=1S/C26H30O6/c1-14(2)8-9-16-15(3)12-18-22(23(16)27)24(28)21-17(10-11-26(4,5)29)25(31-7)20(30-6)13-19(21)32-18/h8,10-13,27,29H,9H2,1-7H3/b11-10+. The van der Waals surface area contributed by atoms with Gasteiger partial charge in [-0.25, -0.2) is 0 Å². The van der Waals surface area contributed by atoms with Crippen LogP contribution in [-0.4, -0.2) is 30.0 Å². The first-order valence-electron chi connectivity index (χ1n) is 10.4. The highest BCUT2D eigenvalue weighted by atomic mass is 16.5. The van der Waals surface area contributed by atoms with E-state index in [0.29, 0.717) is 40.2 Å². The minimum absolute atomic E-state index is 0.0830. The van der Waals surface area contributed by atoms with Gasteiger partial charge in [-0.2, -0.15) is 0 Å². The van der Waals surface area contributed by atoms with Crippen molar-refractivity contribution in [1.82, 2.24) is 0 Å². The van der Waals surface area contributed by atoms with E-state index in [2.05, 4.69) is 0 Å². The molecule has 0 aliphatic rings. The molecule has 0 spiro atoms. The van der Waals surface area contributed by atoms with E-state index in [9.17, 15) is 15.0 Å². The van der Waals surface area contributed by atoms with Crippen LogP contribution >= 0.6 is 0 Å². The molecule has 0 radical (unpaired) electrons. The van der Waals surface area contributed by atoms with E-state index in [1.807, 2.05) is 26.8 Å². The number of methoxy groups -OCH3 is 2. The first kappa shape index (κ1) is 23.4. The molecule has 0 aliphatic carbocycles. The Hall–Kier alpha value is -3.25. The quantitative estimate of drug-likeness (QED) is 0.403. The number of aryl methyl sites for hydroxylation is 1. The lowest BCUT2D eigenvalue weighted by atomic mass is 9.97. The van der Waals surface area contributed by atoms with E-state index >= 15 is 0 Å². The zero-order chi connectivity index (χ0) is 23.8. The van der Waals surface area contributed by atoms with Crippen LogP contribution in [0.1, 0.15) is 44.4 Å². The highest BCUT2D eigenvalue weighted by Gasteiger charge is 2.23. The van der Waals surface area contributed by atoms with E-state index in [4.69, 9.17) is 13.9 Å². The van der Waals surface area contributed by atoms with Crippen molar-refractivity contribution in [3.8, 4) is 17.2 Å². The molecule has 6 nitrogen and oxygen atoms in total. The molecule has 0 aliphatic heterocycles. The van der Waals surface area contributed by atoms with Gasteiger partial charge in [-0.15, -0.1) is 0 Å². The van der Waals surface area contributed by atoms with Crippen LogP contribution < -0.4 is 14.9 Å². The van der Waals surface area contributed by atoms with Gasteiger partial charge in [-0.05, 0) is 52.7 Å². The Bertz CT molecular complexity index is 1300. The number of allylic oxidation sites excluding steroid dienone is 2. The Kier molecular flexibility index (Phi) is 6.37. The van der Waals surface area contributed by atoms with Gasteiger partial charge < -0.3 is 24.1 Å². The Balaban J connectivity index is 2.49. The van der Waals surface area contributed by atoms with Crippen molar-refractivity contribution in [1.29, 1.82) is 0 Å². The molecule has 170 valence electrons. The van der Waals surface area contributed by atoms with Gasteiger partial charge in [0.1, 0.15) is 22.3 Å². The minimum atomic E-state index is -1.12. The maximum absolute atomic E-state index is 13.7. The molecule has 0 saturated carbocycles. The fourth-order valence-corrected chi connectivity index (χ4v) is 3.68. The molecule has 0 unspecified atom stereocenters. The average Bonchev–Trinajstić information content (AvgIpc) is 2.69. The first-order chi connectivity index (χ1) is 15.0. The van der Waals surface area contributed by atoms with Crippen molar-refractivity contribution in [3.63, 3.8) is 0 Å². The predicted molar refractivity (Wildman–Crippen MR) is 128 cm³/mol. The summed E-state index contributed by atoms with van der Waals surface area (Å²) < 4.78 is 17.1. The van der Waals surface area contributed by atoms with E-state index in [-0.39, 0.29) is 22.0 Å². The molecule has 0 fully saturated rings. The van der Waals surface area contributed by atoms with Crippen LogP contribution in [0.5, 0.6) is 17.2 Å². The van der Waals surface area contributed by atoms with Crippen LogP contribution in [0.4, 0.5) is 0 Å². The van der Waals surface area contributed by atoms with Gasteiger partial charge in [-0.1, -0.05) is 23.8 Å². The van der Waals surface area contributed by atoms with Gasteiger partial charge in [0.05, 0.1) is 25.2 Å². The van der Waals surface area contributed by atoms with Gasteiger partial charge in [0.25, 0.3) is 0 Å². The van der Waals surface area contributed by atoms with Crippen LogP contribution in [0.25, 0.3) is 28.0 Å². The molecule has 0 atom stereocenters. The van der Waals surface area contributed by atoms with Crippen LogP contribution in [0.15, 0.2) is 39.1 Å². The maximum atomic E-state index is 13.7. The Morgan fingerprint density at radius 3 is 2.34 bits per heavy atom. The lowest BCUT2D eigenvalue weighted by Crippen LogP contribution is -2.14. The summed E-state index contributed by atoms with van der Waals surface area (Å²) in [7, 11) is 2.98. The fraction of sp³-hybridized carbons (Fsp3) is 0.346. The maximum Gasteiger partial charge on any atom is 0.205 e. The number of rotatable bonds is 6. The molecule has 3 aromatic rings. The lowest BCUT2D eigenvalue weighted by Gasteiger charge is -2.16. The summed E-state index contributed by atoms with van der Waals surface area (Å²) in [5.74, 6) is 0.642. The summed E-state index contributed by atoms with van der Waals surface area (Å²) in [6.45, 7) is 9.09. The zero-order valence-corrected chi connectivity index (χ0v) is 19.6. The van der Waals surface area contributed by atoms with E-state index in [0.717, 1.165) is 11.1 Å². The smallest absolute Gasteiger partial charge is 0.205 e. The van der Waals surface area contributed by atoms with Gasteiger partial charge in [0.15, 0.2) is 11.5 Å². The summed E-state index contributed by atoms with van der Waals surface area (Å²) in [5.41, 5.74) is 2.13. The molecule has 1 heterocycles. The van der Waals surface area contributed by atoms with Gasteiger partial charge in [-0.3, -0.25) is 4.79 Å². The Labute approximate surface area is 187 Å². The summed E-state index contributed by atoms with van der Waals surface area (Å²) in [6, 6.07) is 3.37. The number of hydrogen-bond donors (Lipinski definition) is 2. The number of aliphatic hydroxyl groups is 1. The number of fused-ring (bicyclic) bond motifs is 2. The summed E-state index contributed by atoms with van der Waals surface area (Å²) in [5, 5.41) is 21.6. The first-order valence-corrected chi connectivity index (χ1v) is 10.4. The monoisotopic (exact) mass is 438 g/mol. The summed E-state index contributed by atoms with van der Waals surface area (Å²) in [6.07, 6.45) is 5.68. The molecule has 0 amide bonds. The highest BCUT2D eigenvalue weighted by Crippen LogP contribution is 2.40. The van der Waals surface area contributed by atoms with Crippen molar-refractivity contribution in [3.05, 3.63) is 56.8 Å². The Morgan fingerprint density at radius 2 is 1.78 bits per heavy atom. The number of ether oxygens (including phenoxy) is 2. The lowest BCUT2D eigenvalue weighted by molar-refractivity contribution is 0.134. The molecule has 6 heteroatoms. The van der Waals surface area contributed by atoms with Crippen LogP contribution in [0.3, 0.4) is 0 Å². The highest BCUT2D eigenvalue weighted by molar-refractivity contribution is 6.00. The normalized spacial score (nSPS) is 12.0. The van der Waals surface area contributed by atoms with E-state index in [1.54, 1.807) is 38.1 Å². The van der Waals surface area contributed by atoms with Crippen LogP contribution in [-0.2, 0) is 6.42 Å². The van der Waals surface area contributed by atoms with Gasteiger partial charge in [0, 0.05) is 17.2 Å². The third kappa shape index (κ3) is 4.36. The molecule has 32 heavy (non-hydrogen) atoms. The molecule has 2 aromatic carbocycles. The molecule has 0 bridgehead atoms. The van der Waals surface area contributed by atoms with Crippen molar-refractivity contribution < 1.29 is 24.1 Å². The minimum Gasteiger partial charge on any atom is -0.507 e. The third-order valence-electron chi connectivity index (χ3n) is 5.31. The molecule has 3 rings (SSSR count). The number of benzene rings is 2. The summed E-state index contributed by atoms with van der Waals surface area (Å²) in [4.78, 5) is 13.7. The van der Waals surface area contributed by atoms with Crippen LogP contribution in [0, 0.1) is 6.92 Å². The molecule has 2 N–H and O–H groups in total. The average molecular weight is 439 g/mol. The number of phenolic OH excluding ortho intramolecular Hbond substituents is 1. The molecule has 1 aromatic heterocycles. The fourth-order valence-electron chi connectivity index (χ4n) is 3.68. The topological polar surface area (TPSA) is 89.1 Å². The second-order valence-electron chi connectivity index (χ2n) is 8.70. The number of hydrogen-bond acceptors (Lipinski definition) is 6. The number of phenols is 1. The van der Waals surface area contributed by atoms with E-state index < -0.39 is 5.60 Å². The van der Waals surface area contributed by atoms with Crippen molar-refractivity contribution in [2.75, 3.05) is 14.2 Å². The van der Waals surface area contributed by atoms with Crippen LogP contribution in [0.2, 0.25) is 0 Å². The summed E-state index contributed by atoms with van der Waals surface area (Å²) >= 11 is 0. The van der Waals surface area contributed by atoms with Crippen molar-refractivity contribution >= 4 is 28.0 Å². The largest absolute Gasteiger partial charge is 0.507 e. The third-order valence-corrected chi connectivity index (χ3v) is 5.31. The molecule has 0 saturated heterocycles. The van der Waals surface area contributed by atoms with Gasteiger partial charge in [0.2, 0.25) is 5.43 Å². The van der Waals surface area contributed by atoms with Crippen molar-refractivity contribution in [2.24, 2.45) is 0 Å². The van der Waals surface area contributed by atoms with Crippen molar-refractivity contribution in [2.45, 2.75) is 46.6 Å². The van der Waals surface area contributed by atoms with E-state index in [1.165, 1.54) is 14.2 Å². The zero-order valence-electron chi connectivity index (χ0n) is 19.6. The molecular formula is C26H30O6. The Morgan fingerprint density at radius 1 is 1.12 bits per heavy atom. The molecular weight excluding hydrogens is 408 g/mol. The second kappa shape index (κ2) is 8.71. The second-order valence-corrected chi connectivity index (χ2v) is 8.70. The number of aromatic hydroxyl groups is 1. The van der Waals surface area contributed by atoms with Gasteiger partial charge >= 0.3 is 0 Å². The predicted octanol–water partition coefficient (Wildman–Crippen LogP) is 5.27. The SMILES string of the molecule is COc1cc2oc3cc(C)c(CC=C(C)C)c(O)c3c(=O)c2c(/C=C/C(C)(C)O)c1OC.